The molecule has 1 aromatic carbocycles. The second-order valence-electron chi connectivity index (χ2n) is 10.1. The summed E-state index contributed by atoms with van der Waals surface area (Å²) >= 11 is 0. The van der Waals surface area contributed by atoms with E-state index in [1.807, 2.05) is 13.8 Å². The summed E-state index contributed by atoms with van der Waals surface area (Å²) < 4.78 is 33.4. The minimum absolute atomic E-state index is 0.0297. The van der Waals surface area contributed by atoms with Gasteiger partial charge >= 0.3 is 5.97 Å². The number of hydrogen-bond donors (Lipinski definition) is 1. The topological polar surface area (TPSA) is 83.5 Å². The van der Waals surface area contributed by atoms with Crippen LogP contribution in [0, 0.1) is 29.5 Å². The van der Waals surface area contributed by atoms with Crippen molar-refractivity contribution < 1.29 is 38.3 Å². The van der Waals surface area contributed by atoms with Gasteiger partial charge in [0.25, 0.3) is 0 Å². The highest BCUT2D eigenvalue weighted by Gasteiger charge is 2.69. The van der Waals surface area contributed by atoms with Gasteiger partial charge in [0, 0.05) is 18.3 Å². The Bertz CT molecular complexity index is 908. The molecule has 5 fully saturated rings. The van der Waals surface area contributed by atoms with Crippen molar-refractivity contribution in [3.63, 3.8) is 0 Å². The highest BCUT2D eigenvalue weighted by molar-refractivity contribution is 5.75. The first-order valence-electron chi connectivity index (χ1n) is 11.5. The van der Waals surface area contributed by atoms with E-state index in [2.05, 4.69) is 6.92 Å². The molecule has 7 nitrogen and oxygen atoms in total. The Hall–Kier alpha value is -1.74. The molecule has 4 aliphatic heterocycles. The van der Waals surface area contributed by atoms with Crippen molar-refractivity contribution in [3.05, 3.63) is 29.6 Å². The fourth-order valence-corrected chi connectivity index (χ4v) is 6.16. The Labute approximate surface area is 187 Å². The van der Waals surface area contributed by atoms with Gasteiger partial charge in [0.05, 0.1) is 5.92 Å². The second kappa shape index (κ2) is 7.65. The summed E-state index contributed by atoms with van der Waals surface area (Å²) in [6.45, 7) is 7.66. The first-order valence-corrected chi connectivity index (χ1v) is 11.5. The molecular weight excluding hydrogens is 419 g/mol. The SMILES string of the molecule is C[C@H]1[C@@H](Oc2ccc([C@@H](C)C(=O)O)cc2F)O[C@@H]2O[C@@]3(C)CC[C@H]4[C@H](C)CC[C@@H]1[C@@]24OO3. The number of halogens is 1. The molecule has 1 saturated carbocycles. The van der Waals surface area contributed by atoms with E-state index in [1.165, 1.54) is 19.1 Å². The van der Waals surface area contributed by atoms with E-state index in [4.69, 9.17) is 24.0 Å². The van der Waals surface area contributed by atoms with E-state index >= 15 is 0 Å². The molecule has 0 unspecified atom stereocenters. The van der Waals surface area contributed by atoms with Gasteiger partial charge in [-0.3, -0.25) is 4.79 Å². The van der Waals surface area contributed by atoms with Crippen LogP contribution >= 0.6 is 0 Å². The Kier molecular flexibility index (Phi) is 5.28. The summed E-state index contributed by atoms with van der Waals surface area (Å²) in [4.78, 5) is 23.1. The Morgan fingerprint density at radius 1 is 1.22 bits per heavy atom. The number of carbonyl (C=O) groups is 1. The van der Waals surface area contributed by atoms with Gasteiger partial charge < -0.3 is 19.3 Å². The fourth-order valence-electron chi connectivity index (χ4n) is 6.16. The summed E-state index contributed by atoms with van der Waals surface area (Å²) in [6, 6.07) is 4.26. The maximum atomic E-state index is 14.8. The number of carboxylic acids is 1. The number of ether oxygens (including phenoxy) is 3. The molecule has 1 spiro atoms. The molecule has 1 aromatic rings. The quantitative estimate of drug-likeness (QED) is 0.671. The minimum Gasteiger partial charge on any atom is -0.481 e. The van der Waals surface area contributed by atoms with E-state index in [0.717, 1.165) is 19.3 Å². The third-order valence-electron chi connectivity index (χ3n) is 8.17. The van der Waals surface area contributed by atoms with Crippen LogP contribution in [0.15, 0.2) is 18.2 Å². The summed E-state index contributed by atoms with van der Waals surface area (Å²) in [7, 11) is 0. The predicted molar refractivity (Wildman–Crippen MR) is 110 cm³/mol. The van der Waals surface area contributed by atoms with Crippen LogP contribution in [0.3, 0.4) is 0 Å². The van der Waals surface area contributed by atoms with Crippen LogP contribution in [0.25, 0.3) is 0 Å². The molecule has 32 heavy (non-hydrogen) atoms. The van der Waals surface area contributed by atoms with Crippen molar-refractivity contribution in [1.82, 2.24) is 0 Å². The van der Waals surface area contributed by atoms with Crippen LogP contribution in [-0.4, -0.2) is 35.0 Å². The lowest BCUT2D eigenvalue weighted by atomic mass is 9.58. The van der Waals surface area contributed by atoms with E-state index in [9.17, 15) is 14.3 Å². The number of fused-ring (bicyclic) bond motifs is 2. The maximum absolute atomic E-state index is 14.8. The summed E-state index contributed by atoms with van der Waals surface area (Å²) in [5.41, 5.74) is -0.322. The van der Waals surface area contributed by atoms with Gasteiger partial charge in [0.2, 0.25) is 12.1 Å². The molecule has 1 N–H and O–H groups in total. The molecule has 5 aliphatic rings. The monoisotopic (exact) mass is 450 g/mol. The zero-order valence-electron chi connectivity index (χ0n) is 18.9. The normalized spacial score (nSPS) is 43.8. The van der Waals surface area contributed by atoms with Crippen LogP contribution in [0.5, 0.6) is 5.75 Å². The number of carboxylic acid groups (broad SMARTS) is 1. The zero-order valence-corrected chi connectivity index (χ0v) is 18.9. The second-order valence-corrected chi connectivity index (χ2v) is 10.1. The first kappa shape index (κ1) is 22.1. The first-order chi connectivity index (χ1) is 15.1. The van der Waals surface area contributed by atoms with Crippen LogP contribution < -0.4 is 4.74 Å². The van der Waals surface area contributed by atoms with Gasteiger partial charge in [-0.25, -0.2) is 14.2 Å². The summed E-state index contributed by atoms with van der Waals surface area (Å²) in [5, 5.41) is 9.19. The van der Waals surface area contributed by atoms with Crippen LogP contribution in [0.2, 0.25) is 0 Å². The molecule has 0 radical (unpaired) electrons. The molecule has 1 aliphatic carbocycles. The highest BCUT2D eigenvalue weighted by Crippen LogP contribution is 2.60. The Morgan fingerprint density at radius 2 is 2.00 bits per heavy atom. The third-order valence-corrected chi connectivity index (χ3v) is 8.17. The largest absolute Gasteiger partial charge is 0.481 e. The zero-order chi connectivity index (χ0) is 22.8. The minimum atomic E-state index is -1.01. The molecule has 0 aromatic heterocycles. The molecule has 0 amide bonds. The van der Waals surface area contributed by atoms with Crippen LogP contribution in [0.4, 0.5) is 4.39 Å². The van der Waals surface area contributed by atoms with Gasteiger partial charge in [0.1, 0.15) is 0 Å². The fraction of sp³-hybridized carbons (Fsp3) is 0.708. The van der Waals surface area contributed by atoms with E-state index in [-0.39, 0.29) is 23.5 Å². The molecule has 176 valence electrons. The number of rotatable bonds is 4. The lowest BCUT2D eigenvalue weighted by molar-refractivity contribution is -0.575. The van der Waals surface area contributed by atoms with E-state index < -0.39 is 41.7 Å². The molecule has 9 atom stereocenters. The highest BCUT2D eigenvalue weighted by atomic mass is 19.1. The standard InChI is InChI=1S/C24H31FO7/c1-12-5-7-17-14(3)21(28-19-8-6-15(11-18(19)25)13(2)20(26)27)29-22-24(17)16(12)9-10-23(4,30-22)31-32-24/h6,8,11-14,16-17,21-22H,5,7,9-10H2,1-4H3,(H,26,27)/t12-,13-,14-,16+,17+,21+,22-,23-,24-/m1/s1. The smallest absolute Gasteiger partial charge is 0.310 e. The predicted octanol–water partition coefficient (Wildman–Crippen LogP) is 4.60. The number of aliphatic carboxylic acids is 1. The lowest BCUT2D eigenvalue weighted by Gasteiger charge is -2.60. The van der Waals surface area contributed by atoms with E-state index in [0.29, 0.717) is 17.9 Å². The number of benzene rings is 1. The van der Waals surface area contributed by atoms with Crippen LogP contribution in [-0.2, 0) is 24.0 Å². The maximum Gasteiger partial charge on any atom is 0.310 e. The van der Waals surface area contributed by atoms with Crippen molar-refractivity contribution in [2.24, 2.45) is 23.7 Å². The van der Waals surface area contributed by atoms with Gasteiger partial charge in [-0.05, 0) is 62.6 Å². The Balaban J connectivity index is 1.43. The summed E-state index contributed by atoms with van der Waals surface area (Å²) in [6.07, 6.45) is 2.24. The molecule has 4 saturated heterocycles. The van der Waals surface area contributed by atoms with Crippen LogP contribution in [0.1, 0.15) is 64.9 Å². The Morgan fingerprint density at radius 3 is 2.72 bits per heavy atom. The van der Waals surface area contributed by atoms with E-state index in [1.54, 1.807) is 6.07 Å². The number of hydrogen-bond acceptors (Lipinski definition) is 6. The molecule has 2 bridgehead atoms. The molecule has 4 heterocycles. The van der Waals surface area contributed by atoms with Crippen molar-refractivity contribution >= 4 is 5.97 Å². The van der Waals surface area contributed by atoms with Crippen molar-refractivity contribution in [2.45, 2.75) is 83.3 Å². The average molecular weight is 451 g/mol. The third kappa shape index (κ3) is 3.26. The van der Waals surface area contributed by atoms with Gasteiger partial charge in [0.15, 0.2) is 23.5 Å². The summed E-state index contributed by atoms with van der Waals surface area (Å²) in [5.74, 6) is -2.61. The lowest BCUT2D eigenvalue weighted by Crippen LogP contribution is -2.70. The van der Waals surface area contributed by atoms with Crippen molar-refractivity contribution in [2.75, 3.05) is 0 Å². The molecule has 8 heteroatoms. The van der Waals surface area contributed by atoms with Gasteiger partial charge in [-0.15, -0.1) is 0 Å². The molecular formula is C24H31FO7. The average Bonchev–Trinajstić information content (AvgIpc) is 2.98. The molecule has 6 rings (SSSR count). The van der Waals surface area contributed by atoms with Crippen molar-refractivity contribution in [3.8, 4) is 5.75 Å². The van der Waals surface area contributed by atoms with Gasteiger partial charge in [-0.2, -0.15) is 0 Å². The van der Waals surface area contributed by atoms with Gasteiger partial charge in [-0.1, -0.05) is 19.9 Å². The van der Waals surface area contributed by atoms with Crippen molar-refractivity contribution in [1.29, 1.82) is 0 Å².